The molecule has 19 heavy (non-hydrogen) atoms. The molecule has 1 aromatic rings. The van der Waals surface area contributed by atoms with Gasteiger partial charge >= 0.3 is 5.97 Å². The lowest BCUT2D eigenvalue weighted by atomic mass is 9.86. The molecule has 1 aliphatic rings. The number of aliphatic carboxylic acids is 1. The molecule has 1 N–H and O–H groups in total. The fourth-order valence-corrected chi connectivity index (χ4v) is 1.94. The Morgan fingerprint density at radius 1 is 1.42 bits per heavy atom. The van der Waals surface area contributed by atoms with Crippen LogP contribution >= 0.6 is 0 Å². The van der Waals surface area contributed by atoms with E-state index in [1.807, 2.05) is 0 Å². The van der Waals surface area contributed by atoms with Crippen molar-refractivity contribution in [2.75, 3.05) is 13.7 Å². The summed E-state index contributed by atoms with van der Waals surface area (Å²) in [5.41, 5.74) is 0.784. The van der Waals surface area contributed by atoms with Gasteiger partial charge in [-0.2, -0.15) is 0 Å². The molecule has 0 atom stereocenters. The normalized spacial score (nSPS) is 15.2. The van der Waals surface area contributed by atoms with E-state index in [0.717, 1.165) is 11.6 Å². The Kier molecular flexibility index (Phi) is 4.44. The first-order valence-corrected chi connectivity index (χ1v) is 6.41. The van der Waals surface area contributed by atoms with Crippen LogP contribution in [0.1, 0.15) is 24.8 Å². The molecule has 1 saturated carbocycles. The number of methoxy groups -OCH3 is 1. The minimum absolute atomic E-state index is 0.642. The highest BCUT2D eigenvalue weighted by atomic mass is 16.5. The Labute approximate surface area is 112 Å². The molecule has 0 spiro atoms. The summed E-state index contributed by atoms with van der Waals surface area (Å²) in [6, 6.07) is 5.39. The van der Waals surface area contributed by atoms with Crippen LogP contribution in [0.5, 0.6) is 11.5 Å². The third-order valence-corrected chi connectivity index (χ3v) is 3.31. The third kappa shape index (κ3) is 3.74. The molecular weight excluding hydrogens is 244 g/mol. The molecular formula is C15H18O4. The van der Waals surface area contributed by atoms with Gasteiger partial charge in [-0.25, -0.2) is 4.79 Å². The number of carbonyl (C=O) groups is 1. The Bertz CT molecular complexity index is 475. The van der Waals surface area contributed by atoms with Gasteiger partial charge in [0, 0.05) is 6.08 Å². The molecule has 0 aliphatic heterocycles. The molecule has 0 bridgehead atoms. The summed E-state index contributed by atoms with van der Waals surface area (Å²) in [6.45, 7) is 0.697. The van der Waals surface area contributed by atoms with Gasteiger partial charge in [0.05, 0.1) is 13.7 Å². The molecule has 1 aliphatic carbocycles. The van der Waals surface area contributed by atoms with Crippen molar-refractivity contribution < 1.29 is 19.4 Å². The van der Waals surface area contributed by atoms with Gasteiger partial charge in [-0.1, -0.05) is 12.5 Å². The van der Waals surface area contributed by atoms with E-state index < -0.39 is 5.97 Å². The van der Waals surface area contributed by atoms with Crippen molar-refractivity contribution in [1.29, 1.82) is 0 Å². The number of carboxylic acid groups (broad SMARTS) is 1. The lowest BCUT2D eigenvalue weighted by Gasteiger charge is -2.25. The average molecular weight is 262 g/mol. The van der Waals surface area contributed by atoms with E-state index in [1.165, 1.54) is 25.3 Å². The lowest BCUT2D eigenvalue weighted by molar-refractivity contribution is -0.131. The van der Waals surface area contributed by atoms with Crippen LogP contribution in [0.15, 0.2) is 24.3 Å². The zero-order valence-corrected chi connectivity index (χ0v) is 11.0. The van der Waals surface area contributed by atoms with E-state index in [-0.39, 0.29) is 0 Å². The standard InChI is InChI=1S/C15H18O4/c1-18-13-7-5-11(6-8-15(16)17)9-14(13)19-10-12-3-2-4-12/h5-9,12H,2-4,10H2,1H3,(H,16,17). The molecule has 1 fully saturated rings. The summed E-state index contributed by atoms with van der Waals surface area (Å²) < 4.78 is 11.0. The predicted molar refractivity (Wildman–Crippen MR) is 72.5 cm³/mol. The first-order chi connectivity index (χ1) is 9.19. The predicted octanol–water partition coefficient (Wildman–Crippen LogP) is 2.97. The van der Waals surface area contributed by atoms with Crippen LogP contribution in [0.25, 0.3) is 6.08 Å². The SMILES string of the molecule is COc1ccc(C=CC(=O)O)cc1OCC1CCC1. The maximum Gasteiger partial charge on any atom is 0.328 e. The molecule has 2 rings (SSSR count). The zero-order chi connectivity index (χ0) is 13.7. The van der Waals surface area contributed by atoms with Gasteiger partial charge in [-0.05, 0) is 42.5 Å². The van der Waals surface area contributed by atoms with E-state index in [1.54, 1.807) is 25.3 Å². The highest BCUT2D eigenvalue weighted by Gasteiger charge is 2.18. The van der Waals surface area contributed by atoms with E-state index >= 15 is 0 Å². The van der Waals surface area contributed by atoms with Crippen LogP contribution in [0.2, 0.25) is 0 Å². The van der Waals surface area contributed by atoms with Crippen molar-refractivity contribution in [2.45, 2.75) is 19.3 Å². The Morgan fingerprint density at radius 3 is 2.79 bits per heavy atom. The number of rotatable bonds is 6. The fourth-order valence-electron chi connectivity index (χ4n) is 1.94. The molecule has 0 radical (unpaired) electrons. The van der Waals surface area contributed by atoms with Gasteiger partial charge in [0.25, 0.3) is 0 Å². The Hall–Kier alpha value is -1.97. The average Bonchev–Trinajstić information content (AvgIpc) is 2.34. The van der Waals surface area contributed by atoms with E-state index in [9.17, 15) is 4.79 Å². The number of carboxylic acids is 1. The quantitative estimate of drug-likeness (QED) is 0.801. The maximum absolute atomic E-state index is 10.5. The van der Waals surface area contributed by atoms with Crippen molar-refractivity contribution >= 4 is 12.0 Å². The number of ether oxygens (including phenoxy) is 2. The molecule has 0 heterocycles. The van der Waals surface area contributed by atoms with Crippen LogP contribution in [-0.2, 0) is 4.79 Å². The first-order valence-electron chi connectivity index (χ1n) is 6.41. The number of hydrogen-bond donors (Lipinski definition) is 1. The van der Waals surface area contributed by atoms with Gasteiger partial charge < -0.3 is 14.6 Å². The smallest absolute Gasteiger partial charge is 0.328 e. The summed E-state index contributed by atoms with van der Waals surface area (Å²) in [6.07, 6.45) is 6.38. The Balaban J connectivity index is 2.08. The van der Waals surface area contributed by atoms with Gasteiger partial charge in [0.2, 0.25) is 0 Å². The highest BCUT2D eigenvalue weighted by Crippen LogP contribution is 2.32. The molecule has 0 aromatic heterocycles. The third-order valence-electron chi connectivity index (χ3n) is 3.31. The summed E-state index contributed by atoms with van der Waals surface area (Å²) in [5.74, 6) is 1.02. The van der Waals surface area contributed by atoms with Crippen LogP contribution in [0, 0.1) is 5.92 Å². The van der Waals surface area contributed by atoms with Crippen molar-refractivity contribution in [3.63, 3.8) is 0 Å². The summed E-state index contributed by atoms with van der Waals surface area (Å²) in [7, 11) is 1.60. The van der Waals surface area contributed by atoms with Crippen molar-refractivity contribution in [3.8, 4) is 11.5 Å². The van der Waals surface area contributed by atoms with Crippen LogP contribution in [0.3, 0.4) is 0 Å². The topological polar surface area (TPSA) is 55.8 Å². The molecule has 1 aromatic carbocycles. The van der Waals surface area contributed by atoms with Crippen LogP contribution in [-0.4, -0.2) is 24.8 Å². The number of benzene rings is 1. The zero-order valence-electron chi connectivity index (χ0n) is 11.0. The van der Waals surface area contributed by atoms with Crippen LogP contribution < -0.4 is 9.47 Å². The second-order valence-electron chi connectivity index (χ2n) is 4.69. The summed E-state index contributed by atoms with van der Waals surface area (Å²) >= 11 is 0. The monoisotopic (exact) mass is 262 g/mol. The highest BCUT2D eigenvalue weighted by molar-refractivity contribution is 5.85. The van der Waals surface area contributed by atoms with Gasteiger partial charge in [-0.3, -0.25) is 0 Å². The maximum atomic E-state index is 10.5. The van der Waals surface area contributed by atoms with Crippen molar-refractivity contribution in [3.05, 3.63) is 29.8 Å². The second kappa shape index (κ2) is 6.27. The number of hydrogen-bond acceptors (Lipinski definition) is 3. The van der Waals surface area contributed by atoms with Crippen molar-refractivity contribution in [1.82, 2.24) is 0 Å². The lowest BCUT2D eigenvalue weighted by Crippen LogP contribution is -2.19. The largest absolute Gasteiger partial charge is 0.493 e. The first kappa shape index (κ1) is 13.5. The fraction of sp³-hybridized carbons (Fsp3) is 0.400. The van der Waals surface area contributed by atoms with E-state index in [4.69, 9.17) is 14.6 Å². The molecule has 0 unspecified atom stereocenters. The van der Waals surface area contributed by atoms with E-state index in [0.29, 0.717) is 24.0 Å². The van der Waals surface area contributed by atoms with Crippen molar-refractivity contribution in [2.24, 2.45) is 5.92 Å². The minimum atomic E-state index is -0.965. The van der Waals surface area contributed by atoms with Gasteiger partial charge in [-0.15, -0.1) is 0 Å². The van der Waals surface area contributed by atoms with Gasteiger partial charge in [0.1, 0.15) is 0 Å². The second-order valence-corrected chi connectivity index (χ2v) is 4.69. The van der Waals surface area contributed by atoms with E-state index in [2.05, 4.69) is 0 Å². The molecule has 0 amide bonds. The molecule has 4 heteroatoms. The van der Waals surface area contributed by atoms with Gasteiger partial charge in [0.15, 0.2) is 11.5 Å². The Morgan fingerprint density at radius 2 is 2.21 bits per heavy atom. The summed E-state index contributed by atoms with van der Waals surface area (Å²) in [5, 5.41) is 8.62. The minimum Gasteiger partial charge on any atom is -0.493 e. The molecule has 4 nitrogen and oxygen atoms in total. The summed E-state index contributed by atoms with van der Waals surface area (Å²) in [4.78, 5) is 10.5. The van der Waals surface area contributed by atoms with Crippen LogP contribution in [0.4, 0.5) is 0 Å². The molecule has 0 saturated heterocycles. The molecule has 102 valence electrons.